The Kier molecular flexibility index (Phi) is 7.01. The Balaban J connectivity index is 2.37. The maximum Gasteiger partial charge on any atom is 0.193 e. The van der Waals surface area contributed by atoms with Crippen molar-refractivity contribution in [1.29, 1.82) is 0 Å². The first kappa shape index (κ1) is 18.3. The third kappa shape index (κ3) is 5.18. The van der Waals surface area contributed by atoms with E-state index < -0.39 is 20.0 Å². The predicted molar refractivity (Wildman–Crippen MR) is 86.9 cm³/mol. The van der Waals surface area contributed by atoms with Crippen molar-refractivity contribution in [3.63, 3.8) is 0 Å². The van der Waals surface area contributed by atoms with E-state index in [1.807, 2.05) is 0 Å². The van der Waals surface area contributed by atoms with Gasteiger partial charge in [-0.05, 0) is 41.6 Å². The highest BCUT2D eigenvalue weighted by atomic mass is 28.4. The molecule has 0 aromatic heterocycles. The predicted octanol–water partition coefficient (Wildman–Crippen LogP) is 5.44. The van der Waals surface area contributed by atoms with Gasteiger partial charge >= 0.3 is 0 Å². The molecule has 0 aliphatic carbocycles. The average molecular weight is 314 g/mol. The van der Waals surface area contributed by atoms with E-state index in [1.54, 1.807) is 0 Å². The van der Waals surface area contributed by atoms with Crippen molar-refractivity contribution in [2.24, 2.45) is 0 Å². The first-order valence-electron chi connectivity index (χ1n) is 7.93. The molecule has 0 spiro atoms. The molecule has 0 aliphatic rings. The highest BCUT2D eigenvalue weighted by molar-refractivity contribution is 6.75. The summed E-state index contributed by atoms with van der Waals surface area (Å²) in [4.78, 5) is 10.8. The Morgan fingerprint density at radius 2 is 1.62 bits per heavy atom. The van der Waals surface area contributed by atoms with Crippen molar-refractivity contribution in [3.8, 4) is 0 Å². The van der Waals surface area contributed by atoms with Crippen molar-refractivity contribution < 1.29 is 13.6 Å². The van der Waals surface area contributed by atoms with E-state index in [2.05, 4.69) is 27.7 Å². The van der Waals surface area contributed by atoms with Gasteiger partial charge in [0.2, 0.25) is 0 Å². The summed E-state index contributed by atoms with van der Waals surface area (Å²) in [5.74, 6) is -0.980. The van der Waals surface area contributed by atoms with Crippen LogP contribution in [0.15, 0.2) is 18.2 Å². The molecule has 1 nitrogen and oxygen atoms in total. The minimum atomic E-state index is -2.18. The summed E-state index contributed by atoms with van der Waals surface area (Å²) in [6.45, 7) is 8.44. The average Bonchev–Trinajstić information content (AvgIpc) is 2.39. The summed E-state index contributed by atoms with van der Waals surface area (Å²) in [7, 11) is -2.18. The molecule has 0 radical (unpaired) electrons. The molecule has 1 rings (SSSR count). The first-order chi connectivity index (χ1) is 9.77. The topological polar surface area (TPSA) is 20.2 Å². The van der Waals surface area contributed by atoms with E-state index in [9.17, 15) is 13.6 Å². The fraction of sp³-hybridized carbons (Fsp3) is 0.647. The molecule has 0 aliphatic heterocycles. The van der Waals surface area contributed by atoms with Crippen molar-refractivity contribution in [1.82, 2.24) is 0 Å². The molecule has 0 saturated carbocycles. The smallest absolute Gasteiger partial charge is 0.193 e. The van der Waals surface area contributed by atoms with E-state index in [0.29, 0.717) is 23.1 Å². The SMILES string of the molecule is CC(C)[Si](O)(CCCCCc1ccc(F)cc1F)C(C)C. The van der Waals surface area contributed by atoms with Gasteiger partial charge in [0.15, 0.2) is 8.32 Å². The number of halogens is 2. The fourth-order valence-electron chi connectivity index (χ4n) is 2.87. The molecule has 0 amide bonds. The van der Waals surface area contributed by atoms with Gasteiger partial charge in [-0.3, -0.25) is 0 Å². The minimum Gasteiger partial charge on any atom is -0.431 e. The number of unbranched alkanes of at least 4 members (excludes halogenated alkanes) is 2. The van der Waals surface area contributed by atoms with Crippen LogP contribution < -0.4 is 0 Å². The summed E-state index contributed by atoms with van der Waals surface area (Å²) >= 11 is 0. The lowest BCUT2D eigenvalue weighted by atomic mass is 10.1. The van der Waals surface area contributed by atoms with Gasteiger partial charge in [0.25, 0.3) is 0 Å². The maximum absolute atomic E-state index is 13.5. The van der Waals surface area contributed by atoms with Crippen LogP contribution in [0.5, 0.6) is 0 Å². The monoisotopic (exact) mass is 314 g/mol. The first-order valence-corrected chi connectivity index (χ1v) is 10.2. The van der Waals surface area contributed by atoms with Gasteiger partial charge in [-0.1, -0.05) is 46.6 Å². The number of aryl methyl sites for hydroxylation is 1. The Morgan fingerprint density at radius 3 is 2.14 bits per heavy atom. The van der Waals surface area contributed by atoms with Crippen molar-refractivity contribution in [3.05, 3.63) is 35.4 Å². The Morgan fingerprint density at radius 1 is 1.00 bits per heavy atom. The lowest BCUT2D eigenvalue weighted by Gasteiger charge is -2.33. The van der Waals surface area contributed by atoms with E-state index in [4.69, 9.17) is 0 Å². The Hall–Kier alpha value is -0.743. The normalized spacial score (nSPS) is 12.4. The van der Waals surface area contributed by atoms with Gasteiger partial charge in [-0.2, -0.15) is 0 Å². The molecule has 1 aromatic rings. The molecule has 21 heavy (non-hydrogen) atoms. The maximum atomic E-state index is 13.5. The zero-order valence-electron chi connectivity index (χ0n) is 13.6. The van der Waals surface area contributed by atoms with Crippen molar-refractivity contribution in [2.75, 3.05) is 0 Å². The van der Waals surface area contributed by atoms with Gasteiger partial charge in [-0.15, -0.1) is 0 Å². The summed E-state index contributed by atoms with van der Waals surface area (Å²) in [5, 5.41) is 0. The van der Waals surface area contributed by atoms with Gasteiger partial charge in [0, 0.05) is 6.07 Å². The van der Waals surface area contributed by atoms with Gasteiger partial charge in [-0.25, -0.2) is 8.78 Å². The van der Waals surface area contributed by atoms with E-state index in [1.165, 1.54) is 12.1 Å². The second-order valence-corrected chi connectivity index (χ2v) is 11.4. The highest BCUT2D eigenvalue weighted by Crippen LogP contribution is 2.34. The number of benzene rings is 1. The number of hydrogen-bond acceptors (Lipinski definition) is 1. The number of hydrogen-bond donors (Lipinski definition) is 1. The molecule has 0 bridgehead atoms. The largest absolute Gasteiger partial charge is 0.431 e. The minimum absolute atomic E-state index is 0.368. The summed E-state index contributed by atoms with van der Waals surface area (Å²) < 4.78 is 26.3. The Labute approximate surface area is 128 Å². The van der Waals surface area contributed by atoms with Crippen LogP contribution >= 0.6 is 0 Å². The molecule has 0 heterocycles. The molecule has 0 unspecified atom stereocenters. The third-order valence-electron chi connectivity index (χ3n) is 4.54. The fourth-order valence-corrected chi connectivity index (χ4v) is 6.17. The van der Waals surface area contributed by atoms with Crippen LogP contribution in [-0.4, -0.2) is 13.1 Å². The second-order valence-electron chi connectivity index (χ2n) is 6.60. The van der Waals surface area contributed by atoms with Crippen LogP contribution in [0, 0.1) is 11.6 Å². The molecule has 0 atom stereocenters. The molecule has 120 valence electrons. The van der Waals surface area contributed by atoms with E-state index in [0.717, 1.165) is 31.4 Å². The summed E-state index contributed by atoms with van der Waals surface area (Å²) in [5.41, 5.74) is 1.32. The lowest BCUT2D eigenvalue weighted by Crippen LogP contribution is -2.41. The Bertz CT molecular complexity index is 438. The van der Waals surface area contributed by atoms with Crippen molar-refractivity contribution >= 4 is 8.32 Å². The molecule has 0 fully saturated rings. The summed E-state index contributed by atoms with van der Waals surface area (Å²) in [6.07, 6.45) is 3.48. The molecule has 1 N–H and O–H groups in total. The molecule has 4 heteroatoms. The number of rotatable bonds is 8. The highest BCUT2D eigenvalue weighted by Gasteiger charge is 2.37. The molecular weight excluding hydrogens is 286 g/mol. The molecular formula is C17H28F2OSi. The van der Waals surface area contributed by atoms with Crippen LogP contribution in [0.3, 0.4) is 0 Å². The second kappa shape index (κ2) is 8.04. The van der Waals surface area contributed by atoms with Gasteiger partial charge in [0.05, 0.1) is 0 Å². The van der Waals surface area contributed by atoms with Crippen LogP contribution in [0.1, 0.15) is 52.5 Å². The van der Waals surface area contributed by atoms with Crippen molar-refractivity contribution in [2.45, 2.75) is 70.5 Å². The van der Waals surface area contributed by atoms with E-state index in [-0.39, 0.29) is 0 Å². The van der Waals surface area contributed by atoms with Crippen LogP contribution in [0.2, 0.25) is 17.1 Å². The van der Waals surface area contributed by atoms with E-state index >= 15 is 0 Å². The van der Waals surface area contributed by atoms with Gasteiger partial charge in [0.1, 0.15) is 11.6 Å². The zero-order valence-corrected chi connectivity index (χ0v) is 14.6. The zero-order chi connectivity index (χ0) is 16.0. The van der Waals surface area contributed by atoms with Crippen LogP contribution in [-0.2, 0) is 6.42 Å². The molecule has 0 saturated heterocycles. The van der Waals surface area contributed by atoms with Crippen LogP contribution in [0.4, 0.5) is 8.78 Å². The lowest BCUT2D eigenvalue weighted by molar-refractivity contribution is 0.482. The molecule has 1 aromatic carbocycles. The summed E-state index contributed by atoms with van der Waals surface area (Å²) in [6, 6.07) is 4.69. The quantitative estimate of drug-likeness (QED) is 0.500. The third-order valence-corrected chi connectivity index (χ3v) is 9.69. The van der Waals surface area contributed by atoms with Gasteiger partial charge < -0.3 is 4.80 Å². The van der Waals surface area contributed by atoms with Crippen LogP contribution in [0.25, 0.3) is 0 Å². The standard InChI is InChI=1S/C17H28F2OSi/c1-13(2)21(20,14(3)4)11-7-5-6-8-15-9-10-16(18)12-17(15)19/h9-10,12-14,20H,5-8,11H2,1-4H3.